The van der Waals surface area contributed by atoms with E-state index in [0.29, 0.717) is 12.2 Å². The smallest absolute Gasteiger partial charge is 0.145 e. The Kier molecular flexibility index (Phi) is 7.04. The molecular weight excluding hydrogens is 348 g/mol. The number of rotatable bonds is 8. The first-order chi connectivity index (χ1) is 13.8. The van der Waals surface area contributed by atoms with Gasteiger partial charge in [0.25, 0.3) is 0 Å². The maximum atomic E-state index is 6.14. The summed E-state index contributed by atoms with van der Waals surface area (Å²) in [4.78, 5) is 4.75. The summed E-state index contributed by atoms with van der Waals surface area (Å²) < 4.78 is 5.91. The van der Waals surface area contributed by atoms with Gasteiger partial charge in [0, 0.05) is 17.8 Å². The average Bonchev–Trinajstić information content (AvgIpc) is 2.72. The van der Waals surface area contributed by atoms with Crippen LogP contribution in [0.2, 0.25) is 0 Å². The van der Waals surface area contributed by atoms with Crippen LogP contribution in [-0.4, -0.2) is 12.4 Å². The minimum absolute atomic E-state index is 0.510. The molecule has 0 aliphatic heterocycles. The summed E-state index contributed by atoms with van der Waals surface area (Å²) >= 11 is 0. The van der Waals surface area contributed by atoms with Crippen molar-refractivity contribution in [2.24, 2.45) is 4.99 Å². The van der Waals surface area contributed by atoms with Crippen molar-refractivity contribution in [2.45, 2.75) is 19.9 Å². The van der Waals surface area contributed by atoms with Gasteiger partial charge in [0.2, 0.25) is 0 Å². The quantitative estimate of drug-likeness (QED) is 0.178. The molecule has 0 spiro atoms. The highest BCUT2D eigenvalue weighted by atomic mass is 16.5. The van der Waals surface area contributed by atoms with Crippen molar-refractivity contribution < 1.29 is 4.74 Å². The molecule has 0 aliphatic rings. The van der Waals surface area contributed by atoms with Crippen LogP contribution in [0.1, 0.15) is 24.5 Å². The first kappa shape index (κ1) is 19.5. The topological polar surface area (TPSA) is 71.7 Å². The van der Waals surface area contributed by atoms with E-state index in [-0.39, 0.29) is 0 Å². The third-order valence-corrected chi connectivity index (χ3v) is 4.09. The predicted molar refractivity (Wildman–Crippen MR) is 115 cm³/mol. The lowest BCUT2D eigenvalue weighted by Gasteiger charge is -2.13. The zero-order chi connectivity index (χ0) is 19.6. The lowest BCUT2D eigenvalue weighted by atomic mass is 10.1. The first-order valence-electron chi connectivity index (χ1n) is 9.46. The number of anilines is 1. The van der Waals surface area contributed by atoms with Gasteiger partial charge >= 0.3 is 0 Å². The number of aliphatic imine (C=N–C) groups is 1. The SMILES string of the molecule is CCCNNC(=NCc1cccc(Oc2ccccc2)c1)c1ccccc1N. The van der Waals surface area contributed by atoms with Crippen molar-refractivity contribution in [2.75, 3.05) is 12.3 Å². The number of hydrazine groups is 1. The van der Waals surface area contributed by atoms with E-state index in [2.05, 4.69) is 17.8 Å². The molecule has 0 saturated heterocycles. The molecule has 0 saturated carbocycles. The lowest BCUT2D eigenvalue weighted by Crippen LogP contribution is -2.38. The summed E-state index contributed by atoms with van der Waals surface area (Å²) in [6.45, 7) is 3.46. The van der Waals surface area contributed by atoms with Gasteiger partial charge in [0.15, 0.2) is 0 Å². The monoisotopic (exact) mass is 374 g/mol. The van der Waals surface area contributed by atoms with Gasteiger partial charge in [-0.2, -0.15) is 0 Å². The third-order valence-electron chi connectivity index (χ3n) is 4.09. The molecule has 0 radical (unpaired) electrons. The number of hydrogen-bond donors (Lipinski definition) is 3. The van der Waals surface area contributed by atoms with Gasteiger partial charge in [-0.3, -0.25) is 4.99 Å². The van der Waals surface area contributed by atoms with Crippen LogP contribution in [0, 0.1) is 0 Å². The van der Waals surface area contributed by atoms with Crippen LogP contribution < -0.4 is 21.3 Å². The average molecular weight is 374 g/mol. The number of nitrogens with one attached hydrogen (secondary N) is 2. The van der Waals surface area contributed by atoms with Crippen LogP contribution in [-0.2, 0) is 6.54 Å². The maximum absolute atomic E-state index is 6.14. The van der Waals surface area contributed by atoms with Crippen LogP contribution in [0.25, 0.3) is 0 Å². The largest absolute Gasteiger partial charge is 0.457 e. The molecule has 5 heteroatoms. The van der Waals surface area contributed by atoms with Gasteiger partial charge in [0.05, 0.1) is 6.54 Å². The fraction of sp³-hybridized carbons (Fsp3) is 0.174. The van der Waals surface area contributed by atoms with Crippen LogP contribution in [0.3, 0.4) is 0 Å². The third kappa shape index (κ3) is 5.59. The molecule has 0 aliphatic carbocycles. The molecule has 0 heterocycles. The van der Waals surface area contributed by atoms with Gasteiger partial charge in [-0.05, 0) is 48.4 Å². The van der Waals surface area contributed by atoms with Crippen molar-refractivity contribution >= 4 is 11.5 Å². The summed E-state index contributed by atoms with van der Waals surface area (Å²) in [5.74, 6) is 2.32. The number of hydrogen-bond acceptors (Lipinski definition) is 4. The zero-order valence-electron chi connectivity index (χ0n) is 16.1. The zero-order valence-corrected chi connectivity index (χ0v) is 16.1. The normalized spacial score (nSPS) is 11.2. The minimum Gasteiger partial charge on any atom is -0.457 e. The van der Waals surface area contributed by atoms with E-state index in [1.807, 2.05) is 78.9 Å². The van der Waals surface area contributed by atoms with E-state index in [4.69, 9.17) is 15.5 Å². The van der Waals surface area contributed by atoms with E-state index in [9.17, 15) is 0 Å². The molecule has 144 valence electrons. The van der Waals surface area contributed by atoms with Gasteiger partial charge in [0.1, 0.15) is 17.3 Å². The lowest BCUT2D eigenvalue weighted by molar-refractivity contribution is 0.482. The molecule has 0 atom stereocenters. The molecule has 0 bridgehead atoms. The molecule has 28 heavy (non-hydrogen) atoms. The van der Waals surface area contributed by atoms with Gasteiger partial charge < -0.3 is 15.9 Å². The van der Waals surface area contributed by atoms with Crippen LogP contribution in [0.15, 0.2) is 83.9 Å². The van der Waals surface area contributed by atoms with E-state index in [0.717, 1.165) is 41.4 Å². The van der Waals surface area contributed by atoms with Crippen molar-refractivity contribution in [1.82, 2.24) is 10.9 Å². The summed E-state index contributed by atoms with van der Waals surface area (Å²) in [5.41, 5.74) is 15.1. The van der Waals surface area contributed by atoms with E-state index in [1.54, 1.807) is 0 Å². The number of amidine groups is 1. The number of nitrogen functional groups attached to an aromatic ring is 1. The second kappa shape index (κ2) is 10.1. The summed E-state index contributed by atoms with van der Waals surface area (Å²) in [5, 5.41) is 0. The Morgan fingerprint density at radius 1 is 0.929 bits per heavy atom. The molecule has 4 N–H and O–H groups in total. The van der Waals surface area contributed by atoms with E-state index < -0.39 is 0 Å². The highest BCUT2D eigenvalue weighted by Crippen LogP contribution is 2.22. The number of para-hydroxylation sites is 2. The number of nitrogens with two attached hydrogens (primary N) is 1. The predicted octanol–water partition coefficient (Wildman–Crippen LogP) is 4.51. The number of nitrogens with zero attached hydrogens (tertiary/aromatic N) is 1. The Balaban J connectivity index is 1.76. The van der Waals surface area contributed by atoms with Crippen molar-refractivity contribution in [3.63, 3.8) is 0 Å². The molecule has 3 aromatic rings. The molecule has 3 aromatic carbocycles. The fourth-order valence-electron chi connectivity index (χ4n) is 2.68. The fourth-order valence-corrected chi connectivity index (χ4v) is 2.68. The van der Waals surface area contributed by atoms with Gasteiger partial charge in [-0.1, -0.05) is 49.4 Å². The maximum Gasteiger partial charge on any atom is 0.145 e. The minimum atomic E-state index is 0.510. The molecule has 0 fully saturated rings. The van der Waals surface area contributed by atoms with Crippen molar-refractivity contribution in [1.29, 1.82) is 0 Å². The van der Waals surface area contributed by atoms with Crippen molar-refractivity contribution in [3.05, 3.63) is 90.0 Å². The Morgan fingerprint density at radius 3 is 2.46 bits per heavy atom. The first-order valence-corrected chi connectivity index (χ1v) is 9.46. The number of benzene rings is 3. The highest BCUT2D eigenvalue weighted by Gasteiger charge is 2.07. The summed E-state index contributed by atoms with van der Waals surface area (Å²) in [6, 6.07) is 25.4. The standard InChI is InChI=1S/C23H26N4O/c1-2-15-26-27-23(21-13-6-7-14-22(21)24)25-17-18-9-8-12-20(16-18)28-19-10-4-3-5-11-19/h3-14,16,26H,2,15,17,24H2,1H3,(H,25,27). The second-order valence-corrected chi connectivity index (χ2v) is 6.37. The molecule has 0 aromatic heterocycles. The van der Waals surface area contributed by atoms with Crippen LogP contribution >= 0.6 is 0 Å². The Labute approximate surface area is 166 Å². The van der Waals surface area contributed by atoms with Gasteiger partial charge in [-0.25, -0.2) is 5.43 Å². The Morgan fingerprint density at radius 2 is 1.68 bits per heavy atom. The molecule has 0 unspecified atom stereocenters. The number of ether oxygens (including phenoxy) is 1. The Hall–Kier alpha value is -3.31. The van der Waals surface area contributed by atoms with E-state index in [1.165, 1.54) is 0 Å². The second-order valence-electron chi connectivity index (χ2n) is 6.37. The molecule has 3 rings (SSSR count). The summed E-state index contributed by atoms with van der Waals surface area (Å²) in [7, 11) is 0. The molecular formula is C23H26N4O. The molecule has 0 amide bonds. The summed E-state index contributed by atoms with van der Waals surface area (Å²) in [6.07, 6.45) is 1.02. The van der Waals surface area contributed by atoms with E-state index >= 15 is 0 Å². The molecule has 5 nitrogen and oxygen atoms in total. The van der Waals surface area contributed by atoms with Crippen LogP contribution in [0.4, 0.5) is 5.69 Å². The highest BCUT2D eigenvalue weighted by molar-refractivity contribution is 6.02. The van der Waals surface area contributed by atoms with Crippen LogP contribution in [0.5, 0.6) is 11.5 Å². The Bertz CT molecular complexity index is 909. The van der Waals surface area contributed by atoms with Gasteiger partial charge in [-0.15, -0.1) is 0 Å². The van der Waals surface area contributed by atoms with Crippen molar-refractivity contribution in [3.8, 4) is 11.5 Å².